The molecule has 168 valence electrons. The topological polar surface area (TPSA) is 0 Å². The minimum absolute atomic E-state index is 0.210. The molecule has 0 heterocycles. The van der Waals surface area contributed by atoms with Gasteiger partial charge in [0.25, 0.3) is 0 Å². The number of benzene rings is 7. The van der Waals surface area contributed by atoms with Crippen molar-refractivity contribution in [1.82, 2.24) is 0 Å². The molecule has 7 rings (SSSR count). The predicted octanol–water partition coefficient (Wildman–Crippen LogP) is 3.60. The molecule has 0 saturated heterocycles. The smallest absolute Gasteiger partial charge is 0.112 e. The highest BCUT2D eigenvalue weighted by atomic mass is 14.2. The van der Waals surface area contributed by atoms with Crippen LogP contribution in [-0.2, 0) is 0 Å². The van der Waals surface area contributed by atoms with Crippen molar-refractivity contribution in [2.45, 2.75) is 0 Å². The van der Waals surface area contributed by atoms with Gasteiger partial charge in [-0.15, -0.1) is 16.4 Å². The molecular formula is C34H17B5. The first-order valence-corrected chi connectivity index (χ1v) is 12.8. The van der Waals surface area contributed by atoms with Gasteiger partial charge in [0.2, 0.25) is 0 Å². The maximum absolute atomic E-state index is 6.61. The van der Waals surface area contributed by atoms with Gasteiger partial charge < -0.3 is 0 Å². The highest BCUT2D eigenvalue weighted by Crippen LogP contribution is 2.45. The van der Waals surface area contributed by atoms with Crippen LogP contribution in [0.5, 0.6) is 0 Å². The molecule has 0 N–H and O–H groups in total. The molecular weight excluding hydrogens is 462 g/mol. The first kappa shape index (κ1) is 24.0. The van der Waals surface area contributed by atoms with Gasteiger partial charge >= 0.3 is 0 Å². The Bertz CT molecular complexity index is 2040. The summed E-state index contributed by atoms with van der Waals surface area (Å²) >= 11 is 0. The molecule has 0 saturated carbocycles. The molecule has 7 aromatic carbocycles. The summed E-state index contributed by atoms with van der Waals surface area (Å²) < 4.78 is 0. The van der Waals surface area contributed by atoms with E-state index in [9.17, 15) is 0 Å². The highest BCUT2D eigenvalue weighted by Gasteiger charge is 2.21. The van der Waals surface area contributed by atoms with Crippen LogP contribution in [0.1, 0.15) is 0 Å². The van der Waals surface area contributed by atoms with Crippen LogP contribution in [0.25, 0.3) is 65.3 Å². The average molecular weight is 480 g/mol. The van der Waals surface area contributed by atoms with Crippen LogP contribution >= 0.6 is 0 Å². The van der Waals surface area contributed by atoms with E-state index in [1.54, 1.807) is 0 Å². The average Bonchev–Trinajstić information content (AvgIpc) is 2.98. The highest BCUT2D eigenvalue weighted by molar-refractivity contribution is 6.69. The fraction of sp³-hybridized carbons (Fsp3) is 0. The number of rotatable bonds is 2. The van der Waals surface area contributed by atoms with E-state index in [1.807, 2.05) is 12.1 Å². The van der Waals surface area contributed by atoms with Gasteiger partial charge in [0.15, 0.2) is 0 Å². The predicted molar refractivity (Wildman–Crippen MR) is 174 cm³/mol. The van der Waals surface area contributed by atoms with Gasteiger partial charge in [-0.05, 0) is 71.4 Å². The van der Waals surface area contributed by atoms with Gasteiger partial charge in [0, 0.05) is 0 Å². The first-order valence-electron chi connectivity index (χ1n) is 12.8. The Balaban J connectivity index is 1.72. The quantitative estimate of drug-likeness (QED) is 0.202. The van der Waals surface area contributed by atoms with Gasteiger partial charge in [-0.1, -0.05) is 108 Å². The summed E-state index contributed by atoms with van der Waals surface area (Å²) in [5.74, 6) is 0. The van der Waals surface area contributed by atoms with Crippen LogP contribution in [0.15, 0.2) is 103 Å². The van der Waals surface area contributed by atoms with Crippen molar-refractivity contribution in [3.63, 3.8) is 0 Å². The molecule has 0 aromatic heterocycles. The molecule has 7 aromatic rings. The largest absolute Gasteiger partial charge is 0.113 e. The molecule has 10 radical (unpaired) electrons. The lowest BCUT2D eigenvalue weighted by Crippen LogP contribution is -2.55. The lowest BCUT2D eigenvalue weighted by atomic mass is 9.59. The Morgan fingerprint density at radius 2 is 0.692 bits per heavy atom. The van der Waals surface area contributed by atoms with E-state index in [1.165, 1.54) is 27.1 Å². The molecule has 0 unspecified atom stereocenters. The summed E-state index contributed by atoms with van der Waals surface area (Å²) in [6.45, 7) is 0. The van der Waals surface area contributed by atoms with Crippen molar-refractivity contribution in [3.8, 4) is 22.3 Å². The van der Waals surface area contributed by atoms with Crippen LogP contribution in [0, 0.1) is 0 Å². The summed E-state index contributed by atoms with van der Waals surface area (Å²) in [7, 11) is 32.0. The minimum Gasteiger partial charge on any atom is -0.112 e. The third kappa shape index (κ3) is 3.46. The number of hydrogen-bond acceptors (Lipinski definition) is 0. The zero-order chi connectivity index (χ0) is 26.8. The SMILES string of the molecule is [B]c1c([B])c([B])c(-c2c3ccccc3c(-c3cc4ccccc4c4ccccc34)c3ccccc23)c([B])c1[B]. The van der Waals surface area contributed by atoms with Crippen LogP contribution in [-0.4, -0.2) is 39.2 Å². The summed E-state index contributed by atoms with van der Waals surface area (Å²) in [5.41, 5.74) is 5.19. The molecule has 0 fully saturated rings. The maximum Gasteiger partial charge on any atom is 0.113 e. The lowest BCUT2D eigenvalue weighted by molar-refractivity contribution is 1.71. The molecule has 0 nitrogen and oxygen atoms in total. The second-order valence-electron chi connectivity index (χ2n) is 9.98. The van der Waals surface area contributed by atoms with Crippen LogP contribution in [0.2, 0.25) is 0 Å². The Morgan fingerprint density at radius 1 is 0.308 bits per heavy atom. The van der Waals surface area contributed by atoms with E-state index < -0.39 is 0 Å². The van der Waals surface area contributed by atoms with E-state index in [0.717, 1.165) is 32.7 Å². The monoisotopic (exact) mass is 480 g/mol. The van der Waals surface area contributed by atoms with Gasteiger partial charge in [-0.25, -0.2) is 0 Å². The summed E-state index contributed by atoms with van der Waals surface area (Å²) in [5, 5.41) is 9.01. The van der Waals surface area contributed by atoms with E-state index in [-0.39, 0.29) is 16.4 Å². The number of hydrogen-bond donors (Lipinski definition) is 0. The van der Waals surface area contributed by atoms with Crippen LogP contribution in [0.3, 0.4) is 0 Å². The van der Waals surface area contributed by atoms with Crippen LogP contribution in [0.4, 0.5) is 0 Å². The van der Waals surface area contributed by atoms with Crippen molar-refractivity contribution < 1.29 is 0 Å². The van der Waals surface area contributed by atoms with Gasteiger partial charge in [-0.3, -0.25) is 0 Å². The van der Waals surface area contributed by atoms with Crippen molar-refractivity contribution in [1.29, 1.82) is 0 Å². The molecule has 0 aliphatic carbocycles. The Morgan fingerprint density at radius 3 is 1.23 bits per heavy atom. The van der Waals surface area contributed by atoms with Crippen molar-refractivity contribution >= 4 is 110 Å². The first-order chi connectivity index (χ1) is 19.0. The lowest BCUT2D eigenvalue weighted by Gasteiger charge is -2.25. The Labute approximate surface area is 234 Å². The number of fused-ring (bicyclic) bond motifs is 5. The zero-order valence-corrected chi connectivity index (χ0v) is 21.2. The Kier molecular flexibility index (Phi) is 5.53. The molecule has 0 amide bonds. The van der Waals surface area contributed by atoms with Crippen molar-refractivity contribution in [3.05, 3.63) is 103 Å². The van der Waals surface area contributed by atoms with Gasteiger partial charge in [0.05, 0.1) is 0 Å². The van der Waals surface area contributed by atoms with E-state index in [4.69, 9.17) is 39.2 Å². The summed E-state index contributed by atoms with van der Waals surface area (Å²) in [4.78, 5) is 0. The summed E-state index contributed by atoms with van der Waals surface area (Å²) in [6.07, 6.45) is 0. The van der Waals surface area contributed by atoms with Gasteiger partial charge in [0.1, 0.15) is 39.2 Å². The molecule has 0 aliphatic heterocycles. The fourth-order valence-electron chi connectivity index (χ4n) is 6.07. The standard InChI is InChI=1S/C34H17B5/c35-30-29(31(36)33(38)34(39)32(30)37)28-24-15-7-5-13-22(24)27(23-14-6-8-16-25(23)28)26-17-18-9-1-2-10-19(18)20-11-3-4-12-21(20)26/h1-17H. The molecule has 0 bridgehead atoms. The van der Waals surface area contributed by atoms with Crippen LogP contribution < -0.4 is 27.3 Å². The van der Waals surface area contributed by atoms with E-state index in [2.05, 4.69) is 91.0 Å². The fourth-order valence-corrected chi connectivity index (χ4v) is 6.07. The Hall–Kier alpha value is -4.10. The molecule has 5 heteroatoms. The third-order valence-electron chi connectivity index (χ3n) is 7.92. The van der Waals surface area contributed by atoms with E-state index in [0.29, 0.717) is 16.5 Å². The molecule has 0 aliphatic rings. The molecule has 39 heavy (non-hydrogen) atoms. The van der Waals surface area contributed by atoms with Gasteiger partial charge in [-0.2, -0.15) is 0 Å². The second kappa shape index (κ2) is 8.99. The molecule has 0 atom stereocenters. The minimum atomic E-state index is 0.210. The van der Waals surface area contributed by atoms with Crippen molar-refractivity contribution in [2.24, 2.45) is 0 Å². The molecule has 0 spiro atoms. The summed E-state index contributed by atoms with van der Waals surface area (Å²) in [6, 6.07) is 36.1. The zero-order valence-electron chi connectivity index (χ0n) is 21.2. The second-order valence-corrected chi connectivity index (χ2v) is 9.98. The third-order valence-corrected chi connectivity index (χ3v) is 7.92. The maximum atomic E-state index is 6.61. The normalized spacial score (nSPS) is 11.6. The van der Waals surface area contributed by atoms with E-state index >= 15 is 0 Å². The van der Waals surface area contributed by atoms with Crippen molar-refractivity contribution in [2.75, 3.05) is 0 Å².